The van der Waals surface area contributed by atoms with Gasteiger partial charge in [0.2, 0.25) is 0 Å². The van der Waals surface area contributed by atoms with Crippen LogP contribution in [0.2, 0.25) is 0 Å². The standard InChI is InChI=1S/C14H25NO3/c1-9(2)11(12(16)10-7-6-8-10)15-13(17)18-14(3,4)5/h9-11H,6-8H2,1-5H3,(H,15,17). The van der Waals surface area contributed by atoms with Crippen molar-refractivity contribution in [3.8, 4) is 0 Å². The van der Waals surface area contributed by atoms with E-state index in [1.807, 2.05) is 34.6 Å². The van der Waals surface area contributed by atoms with Gasteiger partial charge in [0, 0.05) is 5.92 Å². The minimum atomic E-state index is -0.537. The number of nitrogens with one attached hydrogen (secondary N) is 1. The van der Waals surface area contributed by atoms with Gasteiger partial charge in [-0.3, -0.25) is 4.79 Å². The van der Waals surface area contributed by atoms with Gasteiger partial charge in [-0.05, 0) is 39.5 Å². The number of ketones is 1. The van der Waals surface area contributed by atoms with E-state index in [0.29, 0.717) is 0 Å². The van der Waals surface area contributed by atoms with Gasteiger partial charge in [0.1, 0.15) is 5.60 Å². The molecule has 0 aromatic heterocycles. The molecule has 0 radical (unpaired) electrons. The molecule has 0 saturated heterocycles. The fourth-order valence-corrected chi connectivity index (χ4v) is 1.95. The van der Waals surface area contributed by atoms with E-state index < -0.39 is 17.7 Å². The van der Waals surface area contributed by atoms with Crippen LogP contribution in [0.25, 0.3) is 0 Å². The van der Waals surface area contributed by atoms with Crippen molar-refractivity contribution in [3.05, 3.63) is 0 Å². The van der Waals surface area contributed by atoms with Crippen LogP contribution in [0.1, 0.15) is 53.9 Å². The lowest BCUT2D eigenvalue weighted by atomic mass is 9.78. The smallest absolute Gasteiger partial charge is 0.408 e. The van der Waals surface area contributed by atoms with Gasteiger partial charge in [-0.1, -0.05) is 20.3 Å². The third-order valence-electron chi connectivity index (χ3n) is 3.15. The summed E-state index contributed by atoms with van der Waals surface area (Å²) in [5, 5.41) is 2.71. The van der Waals surface area contributed by atoms with Crippen LogP contribution in [-0.2, 0) is 9.53 Å². The van der Waals surface area contributed by atoms with E-state index in [2.05, 4.69) is 5.32 Å². The number of hydrogen-bond acceptors (Lipinski definition) is 3. The number of alkyl carbamates (subject to hydrolysis) is 1. The van der Waals surface area contributed by atoms with Crippen LogP contribution in [0.4, 0.5) is 4.79 Å². The summed E-state index contributed by atoms with van der Waals surface area (Å²) < 4.78 is 5.20. The first-order valence-electron chi connectivity index (χ1n) is 6.74. The van der Waals surface area contributed by atoms with E-state index in [0.717, 1.165) is 19.3 Å². The Morgan fingerprint density at radius 2 is 1.78 bits per heavy atom. The Bertz CT molecular complexity index is 313. The molecule has 104 valence electrons. The second-order valence-electron chi connectivity index (χ2n) is 6.40. The van der Waals surface area contributed by atoms with Crippen LogP contribution in [0.15, 0.2) is 0 Å². The largest absolute Gasteiger partial charge is 0.444 e. The van der Waals surface area contributed by atoms with Crippen LogP contribution in [0.5, 0.6) is 0 Å². The molecule has 1 aliphatic carbocycles. The van der Waals surface area contributed by atoms with Crippen LogP contribution < -0.4 is 5.32 Å². The molecule has 4 nitrogen and oxygen atoms in total. The van der Waals surface area contributed by atoms with E-state index in [1.165, 1.54) is 0 Å². The Labute approximate surface area is 109 Å². The van der Waals surface area contributed by atoms with Crippen molar-refractivity contribution in [2.75, 3.05) is 0 Å². The summed E-state index contributed by atoms with van der Waals surface area (Å²) in [5.41, 5.74) is -0.537. The molecule has 1 N–H and O–H groups in total. The Balaban J connectivity index is 2.57. The summed E-state index contributed by atoms with van der Waals surface area (Å²) >= 11 is 0. The first-order valence-corrected chi connectivity index (χ1v) is 6.74. The van der Waals surface area contributed by atoms with Crippen molar-refractivity contribution < 1.29 is 14.3 Å². The fraction of sp³-hybridized carbons (Fsp3) is 0.857. The van der Waals surface area contributed by atoms with Gasteiger partial charge >= 0.3 is 6.09 Å². The molecule has 1 saturated carbocycles. The van der Waals surface area contributed by atoms with E-state index >= 15 is 0 Å². The highest BCUT2D eigenvalue weighted by molar-refractivity contribution is 5.90. The van der Waals surface area contributed by atoms with Crippen molar-refractivity contribution in [2.24, 2.45) is 11.8 Å². The molecule has 4 heteroatoms. The van der Waals surface area contributed by atoms with Crippen molar-refractivity contribution in [3.63, 3.8) is 0 Å². The molecule has 1 aliphatic rings. The van der Waals surface area contributed by atoms with Crippen molar-refractivity contribution >= 4 is 11.9 Å². The number of rotatable bonds is 4. The zero-order chi connectivity index (χ0) is 13.9. The topological polar surface area (TPSA) is 55.4 Å². The third kappa shape index (κ3) is 4.31. The second-order valence-corrected chi connectivity index (χ2v) is 6.40. The molecule has 0 aromatic carbocycles. The molecule has 1 amide bonds. The number of ether oxygens (including phenoxy) is 1. The average Bonchev–Trinajstić information content (AvgIpc) is 2.07. The Kier molecular flexibility index (Phi) is 4.77. The quantitative estimate of drug-likeness (QED) is 0.840. The number of Topliss-reactive ketones (excluding diaryl/α,β-unsaturated/α-hetero) is 1. The van der Waals surface area contributed by atoms with Crippen molar-refractivity contribution in [1.82, 2.24) is 5.32 Å². The lowest BCUT2D eigenvalue weighted by Gasteiger charge is -2.31. The predicted octanol–water partition coefficient (Wildman–Crippen LogP) is 2.90. The van der Waals surface area contributed by atoms with Gasteiger partial charge in [-0.2, -0.15) is 0 Å². The maximum Gasteiger partial charge on any atom is 0.408 e. The molecule has 0 aromatic rings. The normalized spacial score (nSPS) is 18.1. The van der Waals surface area contributed by atoms with Gasteiger partial charge < -0.3 is 10.1 Å². The van der Waals surface area contributed by atoms with Crippen LogP contribution >= 0.6 is 0 Å². The first-order chi connectivity index (χ1) is 8.20. The Morgan fingerprint density at radius 1 is 1.22 bits per heavy atom. The molecule has 0 spiro atoms. The number of carbonyl (C=O) groups is 2. The summed E-state index contributed by atoms with van der Waals surface area (Å²) in [5.74, 6) is 0.375. The third-order valence-corrected chi connectivity index (χ3v) is 3.15. The highest BCUT2D eigenvalue weighted by Gasteiger charge is 2.34. The molecule has 0 aliphatic heterocycles. The second kappa shape index (κ2) is 5.72. The van der Waals surface area contributed by atoms with Gasteiger partial charge in [-0.25, -0.2) is 4.79 Å². The summed E-state index contributed by atoms with van der Waals surface area (Å²) in [6.07, 6.45) is 2.53. The van der Waals surface area contributed by atoms with Crippen LogP contribution in [-0.4, -0.2) is 23.5 Å². The zero-order valence-corrected chi connectivity index (χ0v) is 12.1. The molecule has 1 atom stereocenters. The molecular weight excluding hydrogens is 230 g/mol. The molecule has 1 fully saturated rings. The van der Waals surface area contributed by atoms with Gasteiger partial charge in [0.15, 0.2) is 5.78 Å². The maximum absolute atomic E-state index is 12.2. The number of amides is 1. The SMILES string of the molecule is CC(C)C(NC(=O)OC(C)(C)C)C(=O)C1CCC1. The highest BCUT2D eigenvalue weighted by Crippen LogP contribution is 2.29. The zero-order valence-electron chi connectivity index (χ0n) is 12.1. The highest BCUT2D eigenvalue weighted by atomic mass is 16.6. The fourth-order valence-electron chi connectivity index (χ4n) is 1.95. The minimum Gasteiger partial charge on any atom is -0.444 e. The summed E-state index contributed by atoms with van der Waals surface area (Å²) in [4.78, 5) is 23.9. The maximum atomic E-state index is 12.2. The Hall–Kier alpha value is -1.06. The molecule has 1 unspecified atom stereocenters. The Morgan fingerprint density at radius 3 is 2.11 bits per heavy atom. The van der Waals surface area contributed by atoms with Gasteiger partial charge in [-0.15, -0.1) is 0 Å². The van der Waals surface area contributed by atoms with E-state index in [-0.39, 0.29) is 17.6 Å². The van der Waals surface area contributed by atoms with Crippen molar-refractivity contribution in [1.29, 1.82) is 0 Å². The summed E-state index contributed by atoms with van der Waals surface area (Å²) in [6, 6.07) is -0.426. The van der Waals surface area contributed by atoms with E-state index in [1.54, 1.807) is 0 Å². The minimum absolute atomic E-state index is 0.0885. The van der Waals surface area contributed by atoms with E-state index in [4.69, 9.17) is 4.74 Å². The van der Waals surface area contributed by atoms with Crippen LogP contribution in [0.3, 0.4) is 0 Å². The predicted molar refractivity (Wildman–Crippen MR) is 70.3 cm³/mol. The molecule has 18 heavy (non-hydrogen) atoms. The molecular formula is C14H25NO3. The van der Waals surface area contributed by atoms with Gasteiger partial charge in [0.05, 0.1) is 6.04 Å². The van der Waals surface area contributed by atoms with Crippen LogP contribution in [0, 0.1) is 11.8 Å². The number of hydrogen-bond donors (Lipinski definition) is 1. The monoisotopic (exact) mass is 255 g/mol. The molecule has 0 bridgehead atoms. The summed E-state index contributed by atoms with van der Waals surface area (Å²) in [7, 11) is 0. The number of carbonyl (C=O) groups excluding carboxylic acids is 2. The first kappa shape index (κ1) is 15.0. The lowest BCUT2D eigenvalue weighted by Crippen LogP contribution is -2.49. The average molecular weight is 255 g/mol. The molecule has 0 heterocycles. The van der Waals surface area contributed by atoms with Crippen molar-refractivity contribution in [2.45, 2.75) is 65.5 Å². The summed E-state index contributed by atoms with van der Waals surface area (Å²) in [6.45, 7) is 9.32. The van der Waals surface area contributed by atoms with Gasteiger partial charge in [0.25, 0.3) is 0 Å². The molecule has 1 rings (SSSR count). The van der Waals surface area contributed by atoms with E-state index in [9.17, 15) is 9.59 Å². The lowest BCUT2D eigenvalue weighted by molar-refractivity contribution is -0.128.